The summed E-state index contributed by atoms with van der Waals surface area (Å²) < 4.78 is 0. The van der Waals surface area contributed by atoms with Crippen molar-refractivity contribution in [3.05, 3.63) is 29.8 Å². The van der Waals surface area contributed by atoms with Crippen LogP contribution < -0.4 is 0 Å². The minimum Gasteiger partial charge on any atom is -0.126 e. The second-order valence-corrected chi connectivity index (χ2v) is 6.42. The second-order valence-electron chi connectivity index (χ2n) is 4.83. The first-order chi connectivity index (χ1) is 7.68. The van der Waals surface area contributed by atoms with Crippen LogP contribution in [0.15, 0.2) is 29.2 Å². The molecule has 0 N–H and O–H groups in total. The van der Waals surface area contributed by atoms with Crippen LogP contribution in [0.4, 0.5) is 0 Å². The Balaban J connectivity index is 2.14. The molecule has 0 aromatic heterocycles. The molecule has 1 unspecified atom stereocenters. The highest BCUT2D eigenvalue weighted by molar-refractivity contribution is 7.99. The summed E-state index contributed by atoms with van der Waals surface area (Å²) in [6.45, 7) is 2.18. The maximum Gasteiger partial charge on any atom is 0.0288 e. The highest BCUT2D eigenvalue weighted by Gasteiger charge is 2.31. The first kappa shape index (κ1) is 12.6. The Morgan fingerprint density at radius 2 is 2.00 bits per heavy atom. The molecule has 0 bridgehead atoms. The molecule has 0 saturated carbocycles. The van der Waals surface area contributed by atoms with Gasteiger partial charge in [-0.25, -0.2) is 0 Å². The molecule has 0 radical (unpaired) electrons. The van der Waals surface area contributed by atoms with Crippen molar-refractivity contribution in [2.75, 3.05) is 17.5 Å². The first-order valence-electron chi connectivity index (χ1n) is 5.52. The zero-order valence-corrected chi connectivity index (χ0v) is 11.7. The third kappa shape index (κ3) is 2.52. The molecule has 0 spiro atoms. The normalized spacial score (nSPS) is 19.8. The lowest BCUT2D eigenvalue weighted by Crippen LogP contribution is -2.24. The highest BCUT2D eigenvalue weighted by atomic mass is 35.5. The molecule has 2 rings (SSSR count). The molecule has 1 aromatic carbocycles. The zero-order valence-electron chi connectivity index (χ0n) is 9.38. The van der Waals surface area contributed by atoms with E-state index in [1.807, 2.05) is 11.8 Å². The van der Waals surface area contributed by atoms with E-state index in [-0.39, 0.29) is 5.41 Å². The maximum atomic E-state index is 6.02. The number of hydrogen-bond acceptors (Lipinski definition) is 1. The molecule has 0 fully saturated rings. The molecule has 88 valence electrons. The maximum absolute atomic E-state index is 6.02. The van der Waals surface area contributed by atoms with Crippen LogP contribution in [0.5, 0.6) is 0 Å². The second kappa shape index (κ2) is 5.20. The lowest BCUT2D eigenvalue weighted by atomic mass is 9.82. The summed E-state index contributed by atoms with van der Waals surface area (Å²) in [7, 11) is 0. The van der Waals surface area contributed by atoms with E-state index in [0.29, 0.717) is 17.7 Å². The van der Waals surface area contributed by atoms with Gasteiger partial charge in [-0.05, 0) is 29.4 Å². The van der Waals surface area contributed by atoms with E-state index in [9.17, 15) is 0 Å². The number of thioether (sulfide) groups is 1. The van der Waals surface area contributed by atoms with Crippen LogP contribution in [0.1, 0.15) is 24.8 Å². The largest absolute Gasteiger partial charge is 0.126 e. The van der Waals surface area contributed by atoms with Gasteiger partial charge in [0.2, 0.25) is 0 Å². The van der Waals surface area contributed by atoms with Gasteiger partial charge in [0.1, 0.15) is 0 Å². The van der Waals surface area contributed by atoms with Crippen molar-refractivity contribution in [2.24, 2.45) is 5.41 Å². The van der Waals surface area contributed by atoms with Gasteiger partial charge in [0.05, 0.1) is 0 Å². The van der Waals surface area contributed by atoms with Gasteiger partial charge in [-0.2, -0.15) is 0 Å². The summed E-state index contributed by atoms with van der Waals surface area (Å²) in [6.07, 6.45) is 1.09. The van der Waals surface area contributed by atoms with E-state index in [0.717, 1.165) is 6.42 Å². The first-order valence-corrected chi connectivity index (χ1v) is 7.58. The van der Waals surface area contributed by atoms with E-state index in [1.165, 1.54) is 16.2 Å². The lowest BCUT2D eigenvalue weighted by molar-refractivity contribution is 0.363. The van der Waals surface area contributed by atoms with Gasteiger partial charge in [-0.1, -0.05) is 25.1 Å². The molecular formula is C13H16Cl2S. The quantitative estimate of drug-likeness (QED) is 0.714. The van der Waals surface area contributed by atoms with E-state index in [2.05, 4.69) is 31.2 Å². The fourth-order valence-electron chi connectivity index (χ4n) is 2.14. The van der Waals surface area contributed by atoms with Gasteiger partial charge in [-0.3, -0.25) is 0 Å². The molecule has 0 aliphatic carbocycles. The van der Waals surface area contributed by atoms with E-state index in [1.54, 1.807) is 0 Å². The number of rotatable bonds is 4. The zero-order chi connectivity index (χ0) is 11.6. The average Bonchev–Trinajstić information content (AvgIpc) is 2.73. The molecule has 16 heavy (non-hydrogen) atoms. The number of hydrogen-bond donors (Lipinski definition) is 0. The van der Waals surface area contributed by atoms with Gasteiger partial charge in [0, 0.05) is 22.4 Å². The average molecular weight is 275 g/mol. The Morgan fingerprint density at radius 1 is 1.31 bits per heavy atom. The smallest absolute Gasteiger partial charge is 0.0288 e. The van der Waals surface area contributed by atoms with Crippen LogP contribution in [0, 0.1) is 5.41 Å². The SMILES string of the molecule is CC(CCl)(CCl)CC1CSc2ccccc21. The Hall–Kier alpha value is 0.150. The summed E-state index contributed by atoms with van der Waals surface area (Å²) >= 11 is 14.0. The third-order valence-corrected chi connectivity index (χ3v) is 5.73. The van der Waals surface area contributed by atoms with Crippen LogP contribution in [0.2, 0.25) is 0 Å². The molecule has 0 amide bonds. The minimum atomic E-state index is 0.0613. The molecular weight excluding hydrogens is 259 g/mol. The standard InChI is InChI=1S/C13H16Cl2S/c1-13(8-14,9-15)6-10-7-16-12-5-3-2-4-11(10)12/h2-5,10H,6-9H2,1H3. The van der Waals surface area contributed by atoms with Crippen molar-refractivity contribution in [2.45, 2.75) is 24.2 Å². The molecule has 1 aliphatic rings. The predicted octanol–water partition coefficient (Wildman–Crippen LogP) is 4.75. The van der Waals surface area contributed by atoms with Gasteiger partial charge in [-0.15, -0.1) is 35.0 Å². The van der Waals surface area contributed by atoms with Gasteiger partial charge in [0.15, 0.2) is 0 Å². The van der Waals surface area contributed by atoms with Crippen LogP contribution in [0.25, 0.3) is 0 Å². The summed E-state index contributed by atoms with van der Waals surface area (Å²) in [5.41, 5.74) is 1.54. The van der Waals surface area contributed by atoms with Crippen LogP contribution >= 0.6 is 35.0 Å². The van der Waals surface area contributed by atoms with Crippen molar-refractivity contribution in [1.82, 2.24) is 0 Å². The van der Waals surface area contributed by atoms with Crippen molar-refractivity contribution in [3.8, 4) is 0 Å². The van der Waals surface area contributed by atoms with Crippen LogP contribution in [-0.2, 0) is 0 Å². The van der Waals surface area contributed by atoms with E-state index < -0.39 is 0 Å². The predicted molar refractivity (Wildman–Crippen MR) is 74.1 cm³/mol. The number of alkyl halides is 2. The third-order valence-electron chi connectivity index (χ3n) is 3.18. The Bertz CT molecular complexity index is 361. The monoisotopic (exact) mass is 274 g/mol. The molecule has 0 nitrogen and oxygen atoms in total. The fourth-order valence-corrected chi connectivity index (χ4v) is 3.90. The molecule has 0 saturated heterocycles. The topological polar surface area (TPSA) is 0 Å². The van der Waals surface area contributed by atoms with E-state index in [4.69, 9.17) is 23.2 Å². The molecule has 3 heteroatoms. The Labute approximate surface area is 112 Å². The summed E-state index contributed by atoms with van der Waals surface area (Å²) in [5, 5.41) is 0. The lowest BCUT2D eigenvalue weighted by Gasteiger charge is -2.27. The summed E-state index contributed by atoms with van der Waals surface area (Å²) in [6, 6.07) is 8.68. The van der Waals surface area contributed by atoms with Crippen molar-refractivity contribution < 1.29 is 0 Å². The van der Waals surface area contributed by atoms with Crippen LogP contribution in [-0.4, -0.2) is 17.5 Å². The van der Waals surface area contributed by atoms with Gasteiger partial charge in [0.25, 0.3) is 0 Å². The minimum absolute atomic E-state index is 0.0613. The van der Waals surface area contributed by atoms with Gasteiger partial charge < -0.3 is 0 Å². The number of fused-ring (bicyclic) bond motifs is 1. The summed E-state index contributed by atoms with van der Waals surface area (Å²) in [5.74, 6) is 3.06. The molecule has 1 atom stereocenters. The highest BCUT2D eigenvalue weighted by Crippen LogP contribution is 2.45. The Kier molecular flexibility index (Phi) is 4.10. The molecule has 1 aliphatic heterocycles. The van der Waals surface area contributed by atoms with E-state index >= 15 is 0 Å². The number of benzene rings is 1. The summed E-state index contributed by atoms with van der Waals surface area (Å²) in [4.78, 5) is 1.43. The number of halogens is 2. The van der Waals surface area contributed by atoms with Crippen molar-refractivity contribution in [1.29, 1.82) is 0 Å². The molecule has 1 heterocycles. The fraction of sp³-hybridized carbons (Fsp3) is 0.538. The van der Waals surface area contributed by atoms with Crippen molar-refractivity contribution >= 4 is 35.0 Å². The Morgan fingerprint density at radius 3 is 2.69 bits per heavy atom. The van der Waals surface area contributed by atoms with Crippen LogP contribution in [0.3, 0.4) is 0 Å². The van der Waals surface area contributed by atoms with Crippen molar-refractivity contribution in [3.63, 3.8) is 0 Å². The molecule has 1 aromatic rings. The van der Waals surface area contributed by atoms with Gasteiger partial charge >= 0.3 is 0 Å².